The Balaban J connectivity index is 2.81. The average Bonchev–Trinajstić information content (AvgIpc) is 2.44. The monoisotopic (exact) mass is 257 g/mol. The van der Waals surface area contributed by atoms with Crippen LogP contribution in [0, 0.1) is 5.92 Å². The molecule has 0 saturated heterocycles. The van der Waals surface area contributed by atoms with Crippen LogP contribution in [0.1, 0.15) is 0 Å². The molecule has 8 heteroatoms. The van der Waals surface area contributed by atoms with Crippen LogP contribution in [0.4, 0.5) is 13.2 Å². The molecule has 0 aliphatic carbocycles. The van der Waals surface area contributed by atoms with E-state index in [0.717, 1.165) is 4.68 Å². The van der Waals surface area contributed by atoms with Crippen LogP contribution < -0.4 is 5.73 Å². The largest absolute Gasteiger partial charge is 0.399 e. The summed E-state index contributed by atoms with van der Waals surface area (Å²) in [6.07, 6.45) is -1.95. The van der Waals surface area contributed by atoms with Gasteiger partial charge in [0.15, 0.2) is 0 Å². The first-order valence-corrected chi connectivity index (χ1v) is 4.63. The van der Waals surface area contributed by atoms with E-state index in [1.54, 1.807) is 0 Å². The first-order chi connectivity index (χ1) is 6.80. The van der Waals surface area contributed by atoms with Crippen LogP contribution in [-0.4, -0.2) is 20.9 Å². The summed E-state index contributed by atoms with van der Waals surface area (Å²) in [4.78, 5) is -0.603. The van der Waals surface area contributed by atoms with Crippen molar-refractivity contribution in [3.05, 3.63) is 17.4 Å². The molecular formula is C7H7ClF3N3S. The quantitative estimate of drug-likeness (QED) is 0.843. The highest BCUT2D eigenvalue weighted by Crippen LogP contribution is 2.28. The Hall–Kier alpha value is -0.820. The zero-order chi connectivity index (χ0) is 11.6. The van der Waals surface area contributed by atoms with Crippen molar-refractivity contribution in [2.45, 2.75) is 12.7 Å². The fraction of sp³-hybridized carbons (Fsp3) is 0.429. The highest BCUT2D eigenvalue weighted by Gasteiger charge is 2.42. The fourth-order valence-corrected chi connectivity index (χ4v) is 1.34. The summed E-state index contributed by atoms with van der Waals surface area (Å²) in [5.74, 6) is -1.89. The van der Waals surface area contributed by atoms with Crippen molar-refractivity contribution in [2.75, 3.05) is 0 Å². The van der Waals surface area contributed by atoms with Crippen LogP contribution in [-0.2, 0) is 6.54 Å². The first-order valence-electron chi connectivity index (χ1n) is 3.84. The van der Waals surface area contributed by atoms with E-state index in [4.69, 9.17) is 17.3 Å². The van der Waals surface area contributed by atoms with Gasteiger partial charge in [-0.1, -0.05) is 23.8 Å². The van der Waals surface area contributed by atoms with Gasteiger partial charge < -0.3 is 5.73 Å². The SMILES string of the molecule is NC(=S)C(Cn1cc(Cl)cn1)C(F)(F)F. The maximum Gasteiger partial charge on any atom is 0.399 e. The number of rotatable bonds is 3. The van der Waals surface area contributed by atoms with Crippen molar-refractivity contribution in [2.24, 2.45) is 11.7 Å². The molecular weight excluding hydrogens is 251 g/mol. The third-order valence-corrected chi connectivity index (χ3v) is 2.19. The van der Waals surface area contributed by atoms with Crippen molar-refractivity contribution in [1.29, 1.82) is 0 Å². The highest BCUT2D eigenvalue weighted by atomic mass is 35.5. The molecule has 84 valence electrons. The second-order valence-corrected chi connectivity index (χ2v) is 3.79. The minimum absolute atomic E-state index is 0.263. The Morgan fingerprint density at radius 1 is 1.67 bits per heavy atom. The highest BCUT2D eigenvalue weighted by molar-refractivity contribution is 7.80. The van der Waals surface area contributed by atoms with Gasteiger partial charge in [-0.2, -0.15) is 18.3 Å². The number of hydrogen-bond donors (Lipinski definition) is 1. The Kier molecular flexibility index (Phi) is 3.56. The number of nitrogens with two attached hydrogens (primary N) is 1. The van der Waals surface area contributed by atoms with E-state index in [-0.39, 0.29) is 5.02 Å². The molecule has 0 bridgehead atoms. The molecule has 1 heterocycles. The summed E-state index contributed by atoms with van der Waals surface area (Å²) in [5, 5.41) is 3.88. The van der Waals surface area contributed by atoms with Gasteiger partial charge in [0, 0.05) is 6.20 Å². The van der Waals surface area contributed by atoms with Crippen molar-refractivity contribution >= 4 is 28.8 Å². The summed E-state index contributed by atoms with van der Waals surface area (Å²) in [6, 6.07) is 0. The summed E-state index contributed by atoms with van der Waals surface area (Å²) >= 11 is 9.86. The third kappa shape index (κ3) is 3.35. The van der Waals surface area contributed by atoms with Gasteiger partial charge in [0.1, 0.15) is 5.92 Å². The minimum Gasteiger partial charge on any atom is -0.393 e. The van der Waals surface area contributed by atoms with Crippen LogP contribution in [0.3, 0.4) is 0 Å². The van der Waals surface area contributed by atoms with E-state index in [1.807, 2.05) is 0 Å². The molecule has 3 nitrogen and oxygen atoms in total. The standard InChI is InChI=1S/C7H7ClF3N3S/c8-4-1-13-14(2-4)3-5(6(12)15)7(9,10)11/h1-2,5H,3H2,(H2,12,15). The van der Waals surface area contributed by atoms with Gasteiger partial charge in [-0.3, -0.25) is 4.68 Å². The first kappa shape index (κ1) is 12.3. The summed E-state index contributed by atoms with van der Waals surface area (Å²) in [7, 11) is 0. The molecule has 1 unspecified atom stereocenters. The third-order valence-electron chi connectivity index (χ3n) is 1.71. The molecule has 0 aliphatic heterocycles. The predicted molar refractivity (Wildman–Crippen MR) is 53.6 cm³/mol. The van der Waals surface area contributed by atoms with Gasteiger partial charge in [-0.05, 0) is 0 Å². The van der Waals surface area contributed by atoms with Crippen LogP contribution in [0.2, 0.25) is 5.02 Å². The molecule has 2 N–H and O–H groups in total. The van der Waals surface area contributed by atoms with E-state index in [1.165, 1.54) is 12.4 Å². The number of nitrogens with zero attached hydrogens (tertiary/aromatic N) is 2. The number of thiocarbonyl (C=S) groups is 1. The Bertz CT molecular complexity index is 363. The topological polar surface area (TPSA) is 43.8 Å². The van der Waals surface area contributed by atoms with Gasteiger partial charge in [-0.25, -0.2) is 0 Å². The fourth-order valence-electron chi connectivity index (χ4n) is 0.980. The van der Waals surface area contributed by atoms with E-state index in [9.17, 15) is 13.2 Å². The zero-order valence-electron chi connectivity index (χ0n) is 7.33. The van der Waals surface area contributed by atoms with Gasteiger partial charge in [0.25, 0.3) is 0 Å². The van der Waals surface area contributed by atoms with Crippen LogP contribution in [0.25, 0.3) is 0 Å². The smallest absolute Gasteiger partial charge is 0.393 e. The second kappa shape index (κ2) is 4.36. The molecule has 1 rings (SSSR count). The van der Waals surface area contributed by atoms with Crippen molar-refractivity contribution < 1.29 is 13.2 Å². The molecule has 1 atom stereocenters. The normalized spacial score (nSPS) is 13.9. The summed E-state index contributed by atoms with van der Waals surface area (Å²) < 4.78 is 38.3. The van der Waals surface area contributed by atoms with E-state index in [0.29, 0.717) is 0 Å². The lowest BCUT2D eigenvalue weighted by Gasteiger charge is -2.18. The molecule has 1 aromatic heterocycles. The lowest BCUT2D eigenvalue weighted by molar-refractivity contribution is -0.158. The van der Waals surface area contributed by atoms with E-state index >= 15 is 0 Å². The summed E-state index contributed by atoms with van der Waals surface area (Å²) in [5.41, 5.74) is 5.01. The van der Waals surface area contributed by atoms with Gasteiger partial charge in [0.05, 0.1) is 22.8 Å². The Morgan fingerprint density at radius 3 is 2.60 bits per heavy atom. The number of halogens is 4. The van der Waals surface area contributed by atoms with E-state index < -0.39 is 23.6 Å². The second-order valence-electron chi connectivity index (χ2n) is 2.88. The van der Waals surface area contributed by atoms with Gasteiger partial charge >= 0.3 is 6.18 Å². The predicted octanol–water partition coefficient (Wildman–Crippen LogP) is 2.00. The van der Waals surface area contributed by atoms with E-state index in [2.05, 4.69) is 17.3 Å². The Labute approximate surface area is 94.0 Å². The molecule has 0 saturated carbocycles. The van der Waals surface area contributed by atoms with Crippen LogP contribution in [0.15, 0.2) is 12.4 Å². The van der Waals surface area contributed by atoms with Crippen molar-refractivity contribution in [1.82, 2.24) is 9.78 Å². The molecule has 0 aromatic carbocycles. The molecule has 1 aromatic rings. The molecule has 0 spiro atoms. The van der Waals surface area contributed by atoms with Gasteiger partial charge in [-0.15, -0.1) is 0 Å². The molecule has 15 heavy (non-hydrogen) atoms. The lowest BCUT2D eigenvalue weighted by atomic mass is 10.1. The zero-order valence-corrected chi connectivity index (χ0v) is 8.90. The maximum absolute atomic E-state index is 12.4. The maximum atomic E-state index is 12.4. The average molecular weight is 258 g/mol. The van der Waals surface area contributed by atoms with Crippen molar-refractivity contribution in [3.8, 4) is 0 Å². The van der Waals surface area contributed by atoms with Gasteiger partial charge in [0.2, 0.25) is 0 Å². The number of alkyl halides is 3. The molecule has 0 radical (unpaired) electrons. The minimum atomic E-state index is -4.47. The summed E-state index contributed by atoms with van der Waals surface area (Å²) in [6.45, 7) is -0.453. The molecule has 0 amide bonds. The van der Waals surface area contributed by atoms with Crippen LogP contribution in [0.5, 0.6) is 0 Å². The molecule has 0 fully saturated rings. The number of hydrogen-bond acceptors (Lipinski definition) is 2. The lowest BCUT2D eigenvalue weighted by Crippen LogP contribution is -2.37. The van der Waals surface area contributed by atoms with Crippen LogP contribution >= 0.6 is 23.8 Å². The Morgan fingerprint density at radius 2 is 2.27 bits per heavy atom. The number of aromatic nitrogens is 2. The van der Waals surface area contributed by atoms with Crippen molar-refractivity contribution in [3.63, 3.8) is 0 Å². The molecule has 0 aliphatic rings.